The Labute approximate surface area is 164 Å². The average Bonchev–Trinajstić information content (AvgIpc) is 2.60. The maximum atomic E-state index is 11.7. The Morgan fingerprint density at radius 3 is 2.04 bits per heavy atom. The summed E-state index contributed by atoms with van der Waals surface area (Å²) in [5, 5.41) is 18.4. The minimum Gasteiger partial charge on any atom is -0.505 e. The summed E-state index contributed by atoms with van der Waals surface area (Å²) in [5.41, 5.74) is -0.239. The fourth-order valence-electron chi connectivity index (χ4n) is 2.40. The van der Waals surface area contributed by atoms with Crippen LogP contribution in [0.25, 0.3) is 10.8 Å². The largest absolute Gasteiger partial charge is 0.505 e. The summed E-state index contributed by atoms with van der Waals surface area (Å²) in [6.07, 6.45) is 0. The third kappa shape index (κ3) is 4.13. The normalized spacial score (nSPS) is 12.7. The number of azo groups is 1. The van der Waals surface area contributed by atoms with Crippen LogP contribution >= 0.6 is 11.6 Å². The molecule has 146 valence electrons. The van der Waals surface area contributed by atoms with Crippen molar-refractivity contribution in [3.05, 3.63) is 53.6 Å². The first-order valence-corrected chi connectivity index (χ1v) is 10.6. The third-order valence-electron chi connectivity index (χ3n) is 3.69. The van der Waals surface area contributed by atoms with E-state index in [0.29, 0.717) is 10.7 Å². The number of benzene rings is 3. The molecule has 3 aromatic carbocycles. The second-order valence-electron chi connectivity index (χ2n) is 5.58. The lowest BCUT2D eigenvalue weighted by Crippen LogP contribution is -2.00. The highest BCUT2D eigenvalue weighted by Crippen LogP contribution is 2.41. The van der Waals surface area contributed by atoms with E-state index in [1.165, 1.54) is 24.3 Å². The first-order valence-electron chi connectivity index (χ1n) is 7.39. The molecule has 0 aliphatic heterocycles. The van der Waals surface area contributed by atoms with Crippen LogP contribution in [0.5, 0.6) is 5.75 Å². The molecule has 0 aromatic heterocycles. The van der Waals surface area contributed by atoms with Crippen LogP contribution in [0.2, 0.25) is 5.02 Å². The molecule has 0 unspecified atom stereocenters. The Morgan fingerprint density at radius 2 is 1.46 bits per heavy atom. The molecule has 0 aliphatic carbocycles. The molecule has 0 radical (unpaired) electrons. The second kappa shape index (κ2) is 7.11. The highest BCUT2D eigenvalue weighted by molar-refractivity contribution is 7.86. The lowest BCUT2D eigenvalue weighted by molar-refractivity contribution is 0.472. The van der Waals surface area contributed by atoms with Gasteiger partial charge in [-0.1, -0.05) is 11.6 Å². The molecule has 9 nitrogen and oxygen atoms in total. The summed E-state index contributed by atoms with van der Waals surface area (Å²) in [4.78, 5) is -1.31. The summed E-state index contributed by atoms with van der Waals surface area (Å²) in [6.45, 7) is 0. The molecule has 0 saturated carbocycles. The molecule has 28 heavy (non-hydrogen) atoms. The molecule has 3 rings (SSSR count). The maximum absolute atomic E-state index is 11.7. The third-order valence-corrected chi connectivity index (χ3v) is 5.66. The van der Waals surface area contributed by atoms with Gasteiger partial charge in [0.1, 0.15) is 10.6 Å². The molecule has 0 spiro atoms. The SMILES string of the molecule is O=S(=O)(O)c1ccc2c(O)c(N=Nc3ccc(Cl)cc3)c(S(=O)(=O)O)cc2c1. The lowest BCUT2D eigenvalue weighted by atomic mass is 10.1. The Balaban J connectivity index is 2.26. The van der Waals surface area contributed by atoms with Crippen LogP contribution in [0.4, 0.5) is 11.4 Å². The molecule has 3 N–H and O–H groups in total. The molecule has 0 fully saturated rings. The van der Waals surface area contributed by atoms with Crippen molar-refractivity contribution in [2.45, 2.75) is 9.79 Å². The summed E-state index contributed by atoms with van der Waals surface area (Å²) < 4.78 is 64.7. The van der Waals surface area contributed by atoms with Crippen molar-refractivity contribution in [3.8, 4) is 5.75 Å². The Morgan fingerprint density at radius 1 is 0.821 bits per heavy atom. The smallest absolute Gasteiger partial charge is 0.296 e. The Hall–Kier alpha value is -2.57. The summed E-state index contributed by atoms with van der Waals surface area (Å²) >= 11 is 5.76. The first kappa shape index (κ1) is 20.2. The van der Waals surface area contributed by atoms with Gasteiger partial charge in [0.05, 0.1) is 10.6 Å². The van der Waals surface area contributed by atoms with Crippen molar-refractivity contribution < 1.29 is 31.0 Å². The van der Waals surface area contributed by atoms with E-state index in [-0.39, 0.29) is 10.8 Å². The monoisotopic (exact) mass is 442 g/mol. The van der Waals surface area contributed by atoms with Crippen LogP contribution in [-0.2, 0) is 20.2 Å². The second-order valence-corrected chi connectivity index (χ2v) is 8.83. The van der Waals surface area contributed by atoms with Gasteiger partial charge in [-0.05, 0) is 53.9 Å². The van der Waals surface area contributed by atoms with Crippen LogP contribution < -0.4 is 0 Å². The number of rotatable bonds is 4. The number of hydrogen-bond acceptors (Lipinski definition) is 7. The number of fused-ring (bicyclic) bond motifs is 1. The van der Waals surface area contributed by atoms with Crippen LogP contribution in [0.3, 0.4) is 0 Å². The predicted octanol–water partition coefficient (Wildman–Crippen LogP) is 4.11. The van der Waals surface area contributed by atoms with E-state index >= 15 is 0 Å². The van der Waals surface area contributed by atoms with Crippen LogP contribution in [-0.4, -0.2) is 31.0 Å². The molecule has 0 saturated heterocycles. The van der Waals surface area contributed by atoms with E-state index in [2.05, 4.69) is 10.2 Å². The molecular formula is C16H11ClN2O7S2. The molecular weight excluding hydrogens is 432 g/mol. The quantitative estimate of drug-likeness (QED) is 0.405. The van der Waals surface area contributed by atoms with E-state index in [9.17, 15) is 26.5 Å². The van der Waals surface area contributed by atoms with Gasteiger partial charge in [0.2, 0.25) is 0 Å². The van der Waals surface area contributed by atoms with Crippen molar-refractivity contribution in [1.29, 1.82) is 0 Å². The van der Waals surface area contributed by atoms with Crippen molar-refractivity contribution in [2.24, 2.45) is 10.2 Å². The lowest BCUT2D eigenvalue weighted by Gasteiger charge is -2.09. The molecule has 0 amide bonds. The van der Waals surface area contributed by atoms with Gasteiger partial charge in [-0.3, -0.25) is 9.11 Å². The number of phenols is 1. The standard InChI is InChI=1S/C16H11ClN2O7S2/c17-10-1-3-11(4-2-10)18-19-15-14(28(24,25)26)8-9-7-12(27(21,22)23)5-6-13(9)16(15)20/h1-8,20H,(H,21,22,23)(H,24,25,26). The molecule has 12 heteroatoms. The number of phenolic OH excluding ortho intramolecular Hbond substituents is 1. The summed E-state index contributed by atoms with van der Waals surface area (Å²) in [7, 11) is -9.42. The van der Waals surface area contributed by atoms with Crippen LogP contribution in [0.15, 0.2) is 68.6 Å². The van der Waals surface area contributed by atoms with Crippen molar-refractivity contribution in [1.82, 2.24) is 0 Å². The minimum absolute atomic E-state index is 0.0323. The van der Waals surface area contributed by atoms with Gasteiger partial charge in [-0.15, -0.1) is 5.11 Å². The number of halogens is 1. The Kier molecular flexibility index (Phi) is 5.12. The molecule has 0 heterocycles. The van der Waals surface area contributed by atoms with E-state index < -0.39 is 41.5 Å². The van der Waals surface area contributed by atoms with Gasteiger partial charge >= 0.3 is 0 Å². The number of nitrogens with zero attached hydrogens (tertiary/aromatic N) is 2. The summed E-state index contributed by atoms with van der Waals surface area (Å²) in [6, 6.07) is 10.1. The highest BCUT2D eigenvalue weighted by Gasteiger charge is 2.23. The van der Waals surface area contributed by atoms with E-state index in [1.807, 2.05) is 0 Å². The van der Waals surface area contributed by atoms with E-state index in [4.69, 9.17) is 16.2 Å². The summed E-state index contributed by atoms with van der Waals surface area (Å²) in [5.74, 6) is -0.648. The van der Waals surface area contributed by atoms with E-state index in [0.717, 1.165) is 24.3 Å². The van der Waals surface area contributed by atoms with Crippen molar-refractivity contribution in [2.75, 3.05) is 0 Å². The first-order chi connectivity index (χ1) is 13.0. The Bertz CT molecular complexity index is 1320. The van der Waals surface area contributed by atoms with Gasteiger partial charge < -0.3 is 5.11 Å². The molecule has 0 atom stereocenters. The fraction of sp³-hybridized carbons (Fsp3) is 0. The van der Waals surface area contributed by atoms with Gasteiger partial charge in [-0.25, -0.2) is 0 Å². The average molecular weight is 443 g/mol. The number of hydrogen-bond donors (Lipinski definition) is 3. The molecule has 0 bridgehead atoms. The van der Waals surface area contributed by atoms with Gasteiger partial charge in [-0.2, -0.15) is 21.9 Å². The zero-order valence-electron chi connectivity index (χ0n) is 13.7. The van der Waals surface area contributed by atoms with Crippen molar-refractivity contribution >= 4 is 54.0 Å². The molecule has 0 aliphatic rings. The maximum Gasteiger partial charge on any atom is 0.296 e. The molecule has 3 aromatic rings. The van der Waals surface area contributed by atoms with Gasteiger partial charge in [0.25, 0.3) is 20.2 Å². The highest BCUT2D eigenvalue weighted by atomic mass is 35.5. The van der Waals surface area contributed by atoms with Gasteiger partial charge in [0, 0.05) is 10.4 Å². The zero-order valence-corrected chi connectivity index (χ0v) is 16.1. The van der Waals surface area contributed by atoms with Gasteiger partial charge in [0.15, 0.2) is 5.75 Å². The van der Waals surface area contributed by atoms with E-state index in [1.54, 1.807) is 0 Å². The van der Waals surface area contributed by atoms with Crippen molar-refractivity contribution in [3.63, 3.8) is 0 Å². The zero-order chi connectivity index (χ0) is 20.7. The predicted molar refractivity (Wildman–Crippen MR) is 101 cm³/mol. The van der Waals surface area contributed by atoms with Crippen LogP contribution in [0, 0.1) is 0 Å². The minimum atomic E-state index is -4.85. The number of aromatic hydroxyl groups is 1. The topological polar surface area (TPSA) is 154 Å². The fourth-order valence-corrected chi connectivity index (χ4v) is 3.70. The van der Waals surface area contributed by atoms with Crippen LogP contribution in [0.1, 0.15) is 0 Å².